The predicted octanol–water partition coefficient (Wildman–Crippen LogP) is 2.67. The third-order valence-electron chi connectivity index (χ3n) is 6.70. The van der Waals surface area contributed by atoms with Gasteiger partial charge in [0.05, 0.1) is 10.9 Å². The van der Waals surface area contributed by atoms with E-state index in [1.165, 1.54) is 55.9 Å². The molecule has 1 aromatic carbocycles. The normalized spacial score (nSPS) is 21.6. The van der Waals surface area contributed by atoms with Crippen LogP contribution in [0.1, 0.15) is 76.1 Å². The number of amides is 2. The smallest absolute Gasteiger partial charge is 0.261 e. The molecule has 0 bridgehead atoms. The molecule has 1 aliphatic carbocycles. The Morgan fingerprint density at radius 2 is 1.70 bits per heavy atom. The van der Waals surface area contributed by atoms with Gasteiger partial charge in [0.15, 0.2) is 7.28 Å². The number of hydrogen-bond acceptors (Lipinski definition) is 4. The van der Waals surface area contributed by atoms with Crippen molar-refractivity contribution in [3.8, 4) is 0 Å². The topological polar surface area (TPSA) is 81.1 Å². The number of aromatic nitrogens is 2. The Balaban J connectivity index is 1.71. The van der Waals surface area contributed by atoms with E-state index in [-0.39, 0.29) is 17.9 Å². The lowest BCUT2D eigenvalue weighted by Gasteiger charge is -2.25. The average Bonchev–Trinajstić information content (AvgIpc) is 2.83. The summed E-state index contributed by atoms with van der Waals surface area (Å²) < 4.78 is 1.50. The molecule has 1 atom stereocenters. The van der Waals surface area contributed by atoms with Crippen LogP contribution in [0.2, 0.25) is 5.82 Å². The van der Waals surface area contributed by atoms with Crippen LogP contribution < -0.4 is 16.3 Å². The zero-order valence-electron chi connectivity index (χ0n) is 17.8. The summed E-state index contributed by atoms with van der Waals surface area (Å²) in [5, 5.41) is 3.00. The van der Waals surface area contributed by atoms with Crippen LogP contribution in [0.5, 0.6) is 0 Å². The Morgan fingerprint density at radius 3 is 2.40 bits per heavy atom. The molecular formula is C23H30BN3O3. The van der Waals surface area contributed by atoms with Crippen molar-refractivity contribution in [2.45, 2.75) is 83.0 Å². The molecule has 4 rings (SSSR count). The van der Waals surface area contributed by atoms with Crippen LogP contribution in [0.3, 0.4) is 0 Å². The molecule has 2 fully saturated rings. The van der Waals surface area contributed by atoms with E-state index in [0.29, 0.717) is 29.0 Å². The molecule has 1 aliphatic heterocycles. The monoisotopic (exact) mass is 407 g/mol. The first-order valence-electron chi connectivity index (χ1n) is 11.4. The molecule has 1 unspecified atom stereocenters. The number of rotatable bonds is 3. The van der Waals surface area contributed by atoms with E-state index in [0.717, 1.165) is 12.7 Å². The number of nitrogens with one attached hydrogen (secondary N) is 1. The van der Waals surface area contributed by atoms with Gasteiger partial charge in [-0.1, -0.05) is 74.8 Å². The highest BCUT2D eigenvalue weighted by molar-refractivity contribution is 6.58. The predicted molar refractivity (Wildman–Crippen MR) is 120 cm³/mol. The number of imide groups is 1. The quantitative estimate of drug-likeness (QED) is 0.627. The second kappa shape index (κ2) is 9.15. The molecule has 0 spiro atoms. The largest absolute Gasteiger partial charge is 0.295 e. The molecule has 2 heterocycles. The van der Waals surface area contributed by atoms with Crippen LogP contribution in [0.4, 0.5) is 0 Å². The molecule has 1 saturated heterocycles. The lowest BCUT2D eigenvalue weighted by molar-refractivity contribution is -0.135. The molecule has 2 aromatic rings. The summed E-state index contributed by atoms with van der Waals surface area (Å²) in [5.74, 6) is 0.406. The Labute approximate surface area is 177 Å². The van der Waals surface area contributed by atoms with Gasteiger partial charge in [0, 0.05) is 6.42 Å². The van der Waals surface area contributed by atoms with Gasteiger partial charge in [-0.2, -0.15) is 0 Å². The van der Waals surface area contributed by atoms with Crippen molar-refractivity contribution in [2.75, 3.05) is 0 Å². The van der Waals surface area contributed by atoms with Gasteiger partial charge in [0.25, 0.3) is 5.56 Å². The Kier molecular flexibility index (Phi) is 6.35. The number of benzene rings is 1. The second-order valence-electron chi connectivity index (χ2n) is 8.88. The molecular weight excluding hydrogens is 377 g/mol. The molecule has 2 amide bonds. The van der Waals surface area contributed by atoms with Gasteiger partial charge in [0.2, 0.25) is 11.8 Å². The Bertz CT molecular complexity index is 1010. The SMILES string of the molecule is Cc1nc2cccc(BC3CCCCCCCC3)c2c(=O)n1C1CCC(=O)NC1=O. The van der Waals surface area contributed by atoms with Crippen LogP contribution >= 0.6 is 0 Å². The van der Waals surface area contributed by atoms with Crippen LogP contribution in [0.15, 0.2) is 23.0 Å². The van der Waals surface area contributed by atoms with Crippen molar-refractivity contribution in [1.29, 1.82) is 0 Å². The number of hydrogen-bond donors (Lipinski definition) is 1. The summed E-state index contributed by atoms with van der Waals surface area (Å²) in [4.78, 5) is 42.2. The highest BCUT2D eigenvalue weighted by Gasteiger charge is 2.31. The maximum Gasteiger partial charge on any atom is 0.261 e. The molecule has 0 radical (unpaired) electrons. The fraction of sp³-hybridized carbons (Fsp3) is 0.565. The van der Waals surface area contributed by atoms with E-state index in [4.69, 9.17) is 0 Å². The zero-order chi connectivity index (χ0) is 21.1. The van der Waals surface area contributed by atoms with Crippen molar-refractivity contribution in [3.05, 3.63) is 34.4 Å². The van der Waals surface area contributed by atoms with E-state index in [1.54, 1.807) is 6.92 Å². The molecule has 6 nitrogen and oxygen atoms in total. The number of aryl methyl sites for hydroxylation is 1. The van der Waals surface area contributed by atoms with Crippen molar-refractivity contribution >= 4 is 35.5 Å². The molecule has 7 heteroatoms. The minimum absolute atomic E-state index is 0.161. The lowest BCUT2D eigenvalue weighted by atomic mass is 9.55. The van der Waals surface area contributed by atoms with Gasteiger partial charge in [-0.05, 0) is 19.4 Å². The van der Waals surface area contributed by atoms with Crippen molar-refractivity contribution in [1.82, 2.24) is 14.9 Å². The number of carbonyl (C=O) groups excluding carboxylic acids is 2. The second-order valence-corrected chi connectivity index (χ2v) is 8.88. The number of fused-ring (bicyclic) bond motifs is 1. The van der Waals surface area contributed by atoms with Gasteiger partial charge in [-0.3, -0.25) is 24.3 Å². The summed E-state index contributed by atoms with van der Waals surface area (Å²) >= 11 is 0. The third kappa shape index (κ3) is 4.35. The van der Waals surface area contributed by atoms with E-state index >= 15 is 0 Å². The Hall–Kier alpha value is -2.44. The standard InChI is InChI=1S/C23H30BN3O3/c1-15-25-18-12-8-11-17(24-16-9-6-4-2-3-5-7-10-16)21(18)23(30)27(15)19-13-14-20(28)26-22(19)29/h8,11-12,16,19,24H,2-7,9-10,13-14H2,1H3,(H,26,28,29). The number of piperidine rings is 1. The highest BCUT2D eigenvalue weighted by atomic mass is 16.2. The zero-order valence-corrected chi connectivity index (χ0v) is 17.8. The van der Waals surface area contributed by atoms with E-state index in [9.17, 15) is 14.4 Å². The van der Waals surface area contributed by atoms with Crippen LogP contribution in [-0.2, 0) is 9.59 Å². The summed E-state index contributed by atoms with van der Waals surface area (Å²) in [6.07, 6.45) is 10.8. The van der Waals surface area contributed by atoms with Gasteiger partial charge in [-0.15, -0.1) is 0 Å². The molecule has 1 aromatic heterocycles. The Morgan fingerprint density at radius 1 is 1.00 bits per heavy atom. The highest BCUT2D eigenvalue weighted by Crippen LogP contribution is 2.26. The van der Waals surface area contributed by atoms with Crippen molar-refractivity contribution in [2.24, 2.45) is 0 Å². The fourth-order valence-corrected chi connectivity index (χ4v) is 5.12. The minimum atomic E-state index is -0.676. The average molecular weight is 407 g/mol. The molecule has 158 valence electrons. The van der Waals surface area contributed by atoms with Crippen molar-refractivity contribution in [3.63, 3.8) is 0 Å². The van der Waals surface area contributed by atoms with Crippen LogP contribution in [0, 0.1) is 6.92 Å². The number of nitrogens with zero attached hydrogens (tertiary/aromatic N) is 2. The van der Waals surface area contributed by atoms with Crippen LogP contribution in [-0.4, -0.2) is 28.6 Å². The maximum atomic E-state index is 13.6. The summed E-state index contributed by atoms with van der Waals surface area (Å²) in [6, 6.07) is 5.23. The van der Waals surface area contributed by atoms with E-state index < -0.39 is 11.9 Å². The molecule has 1 N–H and O–H groups in total. The van der Waals surface area contributed by atoms with E-state index in [2.05, 4.69) is 10.3 Å². The minimum Gasteiger partial charge on any atom is -0.295 e. The van der Waals surface area contributed by atoms with Crippen molar-refractivity contribution < 1.29 is 9.59 Å². The first-order valence-corrected chi connectivity index (χ1v) is 11.4. The summed E-state index contributed by atoms with van der Waals surface area (Å²) in [7, 11) is 0.882. The van der Waals surface area contributed by atoms with E-state index in [1.807, 2.05) is 18.2 Å². The number of carbonyl (C=O) groups is 2. The van der Waals surface area contributed by atoms with Crippen LogP contribution in [0.25, 0.3) is 10.9 Å². The van der Waals surface area contributed by atoms with Gasteiger partial charge in [0.1, 0.15) is 11.9 Å². The molecule has 2 aliphatic rings. The van der Waals surface area contributed by atoms with Gasteiger partial charge < -0.3 is 0 Å². The summed E-state index contributed by atoms with van der Waals surface area (Å²) in [5.41, 5.74) is 1.57. The third-order valence-corrected chi connectivity index (χ3v) is 6.70. The lowest BCUT2D eigenvalue weighted by Crippen LogP contribution is -2.45. The van der Waals surface area contributed by atoms with Gasteiger partial charge in [-0.25, -0.2) is 4.98 Å². The fourth-order valence-electron chi connectivity index (χ4n) is 5.12. The first-order chi connectivity index (χ1) is 14.5. The summed E-state index contributed by atoms with van der Waals surface area (Å²) in [6.45, 7) is 1.76. The van der Waals surface area contributed by atoms with Gasteiger partial charge >= 0.3 is 0 Å². The first kappa shape index (κ1) is 20.8. The molecule has 1 saturated carbocycles. The molecule has 30 heavy (non-hydrogen) atoms. The maximum absolute atomic E-state index is 13.6.